The van der Waals surface area contributed by atoms with Gasteiger partial charge in [0, 0.05) is 16.8 Å². The van der Waals surface area contributed by atoms with Crippen molar-refractivity contribution in [2.75, 3.05) is 10.8 Å². The first-order valence-electron chi connectivity index (χ1n) is 10.4. The van der Waals surface area contributed by atoms with E-state index in [4.69, 9.17) is 23.2 Å². The summed E-state index contributed by atoms with van der Waals surface area (Å²) in [5.74, 6) is -0.729. The first-order chi connectivity index (χ1) is 14.4. The van der Waals surface area contributed by atoms with Crippen LogP contribution in [-0.4, -0.2) is 23.7 Å². The molecule has 0 bridgehead atoms. The topological polar surface area (TPSA) is 49.4 Å². The lowest BCUT2D eigenvalue weighted by Gasteiger charge is -2.33. The van der Waals surface area contributed by atoms with Gasteiger partial charge in [-0.15, -0.1) is 11.6 Å². The molecule has 1 atom stereocenters. The lowest BCUT2D eigenvalue weighted by molar-refractivity contribution is -0.126. The number of nitrogens with one attached hydrogen (secondary N) is 1. The Hall–Kier alpha value is -2.04. The summed E-state index contributed by atoms with van der Waals surface area (Å²) in [6, 6.07) is 12.1. The predicted molar refractivity (Wildman–Crippen MR) is 123 cm³/mol. The Bertz CT molecular complexity index is 893. The number of amides is 2. The van der Waals surface area contributed by atoms with Gasteiger partial charge in [0.15, 0.2) is 0 Å². The normalized spacial score (nSPS) is 15.5. The lowest BCUT2D eigenvalue weighted by atomic mass is 9.94. The summed E-state index contributed by atoms with van der Waals surface area (Å²) < 4.78 is 0. The summed E-state index contributed by atoms with van der Waals surface area (Å²) in [6.07, 6.45) is 5.35. The van der Waals surface area contributed by atoms with Crippen LogP contribution >= 0.6 is 23.2 Å². The zero-order valence-corrected chi connectivity index (χ0v) is 19.0. The van der Waals surface area contributed by atoms with Crippen molar-refractivity contribution >= 4 is 40.7 Å². The monoisotopic (exact) mass is 446 g/mol. The van der Waals surface area contributed by atoms with Gasteiger partial charge in [0.25, 0.3) is 0 Å². The average molecular weight is 447 g/mol. The molecule has 0 saturated heterocycles. The largest absolute Gasteiger partial charge is 0.351 e. The summed E-state index contributed by atoms with van der Waals surface area (Å²) in [7, 11) is 0. The van der Waals surface area contributed by atoms with E-state index in [0.29, 0.717) is 16.3 Å². The van der Waals surface area contributed by atoms with Gasteiger partial charge in [-0.2, -0.15) is 0 Å². The van der Waals surface area contributed by atoms with Crippen LogP contribution in [0.25, 0.3) is 0 Å². The number of nitrogens with zero attached hydrogens (tertiary/aromatic N) is 1. The molecule has 0 unspecified atom stereocenters. The molecule has 0 aliphatic heterocycles. The Labute approximate surface area is 188 Å². The highest BCUT2D eigenvalue weighted by molar-refractivity contribution is 6.30. The highest BCUT2D eigenvalue weighted by Crippen LogP contribution is 2.31. The Balaban J connectivity index is 2.03. The van der Waals surface area contributed by atoms with E-state index in [2.05, 4.69) is 5.32 Å². The first-order valence-corrected chi connectivity index (χ1v) is 11.3. The van der Waals surface area contributed by atoms with E-state index >= 15 is 0 Å². The average Bonchev–Trinajstić information content (AvgIpc) is 2.75. The summed E-state index contributed by atoms with van der Waals surface area (Å²) in [6.45, 7) is 4.00. The fourth-order valence-electron chi connectivity index (χ4n) is 3.97. The summed E-state index contributed by atoms with van der Waals surface area (Å²) in [4.78, 5) is 28.0. The minimum atomic E-state index is -0.822. The number of aryl methyl sites for hydroxylation is 2. The lowest BCUT2D eigenvalue weighted by Crippen LogP contribution is -2.47. The van der Waals surface area contributed by atoms with Gasteiger partial charge in [-0.3, -0.25) is 14.5 Å². The van der Waals surface area contributed by atoms with E-state index in [1.54, 1.807) is 24.3 Å². The van der Waals surface area contributed by atoms with Crippen molar-refractivity contribution in [1.82, 2.24) is 5.32 Å². The maximum absolute atomic E-state index is 13.5. The highest BCUT2D eigenvalue weighted by Gasteiger charge is 2.33. The van der Waals surface area contributed by atoms with Gasteiger partial charge >= 0.3 is 0 Å². The second kappa shape index (κ2) is 10.3. The number of alkyl halides is 1. The molecular formula is C24H28Cl2N2O2. The van der Waals surface area contributed by atoms with Crippen molar-refractivity contribution in [3.8, 4) is 0 Å². The molecule has 1 saturated carbocycles. The van der Waals surface area contributed by atoms with E-state index in [1.165, 1.54) is 11.3 Å². The Kier molecular flexibility index (Phi) is 7.79. The third kappa shape index (κ3) is 5.35. The van der Waals surface area contributed by atoms with Gasteiger partial charge in [-0.05, 0) is 67.6 Å². The SMILES string of the molecule is Cc1ccc(N(C(=O)CCl)[C@H](C(=O)NC2CCCCC2)c2ccc(Cl)cc2)cc1C. The Morgan fingerprint density at radius 2 is 1.70 bits per heavy atom. The number of carbonyl (C=O) groups is 2. The molecular weight excluding hydrogens is 419 g/mol. The maximum Gasteiger partial charge on any atom is 0.248 e. The Morgan fingerprint density at radius 1 is 1.03 bits per heavy atom. The van der Waals surface area contributed by atoms with Crippen molar-refractivity contribution in [3.05, 3.63) is 64.2 Å². The molecule has 3 rings (SSSR count). The van der Waals surface area contributed by atoms with Crippen LogP contribution in [0, 0.1) is 13.8 Å². The quantitative estimate of drug-likeness (QED) is 0.576. The van der Waals surface area contributed by atoms with Crippen LogP contribution in [-0.2, 0) is 9.59 Å². The van der Waals surface area contributed by atoms with Crippen LogP contribution in [0.4, 0.5) is 5.69 Å². The standard InChI is InChI=1S/C24H28Cl2N2O2/c1-16-8-13-21(14-17(16)2)28(22(29)15-25)23(18-9-11-19(26)12-10-18)24(30)27-20-6-4-3-5-7-20/h8-14,20,23H,3-7,15H2,1-2H3,(H,27,30)/t23-/m0/s1. The number of anilines is 1. The highest BCUT2D eigenvalue weighted by atomic mass is 35.5. The van der Waals surface area contributed by atoms with E-state index < -0.39 is 6.04 Å². The number of rotatable bonds is 6. The number of hydrogen-bond donors (Lipinski definition) is 1. The molecule has 30 heavy (non-hydrogen) atoms. The van der Waals surface area contributed by atoms with Crippen molar-refractivity contribution in [2.24, 2.45) is 0 Å². The zero-order valence-electron chi connectivity index (χ0n) is 17.5. The summed E-state index contributed by atoms with van der Waals surface area (Å²) in [5.41, 5.74) is 3.51. The fraction of sp³-hybridized carbons (Fsp3) is 0.417. The molecule has 2 aromatic carbocycles. The van der Waals surface area contributed by atoms with Crippen LogP contribution in [0.1, 0.15) is 54.8 Å². The van der Waals surface area contributed by atoms with Crippen LogP contribution in [0.5, 0.6) is 0 Å². The summed E-state index contributed by atoms with van der Waals surface area (Å²) in [5, 5.41) is 3.75. The van der Waals surface area contributed by atoms with Crippen molar-refractivity contribution in [1.29, 1.82) is 0 Å². The van der Waals surface area contributed by atoms with Gasteiger partial charge in [0.05, 0.1) is 0 Å². The third-order valence-electron chi connectivity index (χ3n) is 5.80. The van der Waals surface area contributed by atoms with Crippen molar-refractivity contribution < 1.29 is 9.59 Å². The molecule has 0 heterocycles. The van der Waals surface area contributed by atoms with Crippen molar-refractivity contribution in [3.63, 3.8) is 0 Å². The second-order valence-electron chi connectivity index (χ2n) is 7.96. The smallest absolute Gasteiger partial charge is 0.248 e. The van der Waals surface area contributed by atoms with Gasteiger partial charge in [-0.1, -0.05) is 49.1 Å². The molecule has 1 aliphatic rings. The fourth-order valence-corrected chi connectivity index (χ4v) is 4.22. The second-order valence-corrected chi connectivity index (χ2v) is 8.67. The minimum absolute atomic E-state index is 0.133. The van der Waals surface area contributed by atoms with Crippen LogP contribution in [0.3, 0.4) is 0 Å². The van der Waals surface area contributed by atoms with Crippen molar-refractivity contribution in [2.45, 2.75) is 58.0 Å². The summed E-state index contributed by atoms with van der Waals surface area (Å²) >= 11 is 12.1. The number of hydrogen-bond acceptors (Lipinski definition) is 2. The van der Waals surface area contributed by atoms with Gasteiger partial charge in [-0.25, -0.2) is 0 Å². The minimum Gasteiger partial charge on any atom is -0.351 e. The molecule has 1 fully saturated rings. The molecule has 4 nitrogen and oxygen atoms in total. The van der Waals surface area contributed by atoms with Gasteiger partial charge in [0.1, 0.15) is 11.9 Å². The van der Waals surface area contributed by atoms with E-state index in [-0.39, 0.29) is 23.7 Å². The molecule has 2 aromatic rings. The van der Waals surface area contributed by atoms with Gasteiger partial charge < -0.3 is 5.32 Å². The first kappa shape index (κ1) is 22.6. The van der Waals surface area contributed by atoms with E-state index in [1.807, 2.05) is 32.0 Å². The van der Waals surface area contributed by atoms with E-state index in [9.17, 15) is 9.59 Å². The maximum atomic E-state index is 13.5. The van der Waals surface area contributed by atoms with E-state index in [0.717, 1.165) is 36.8 Å². The number of benzene rings is 2. The van der Waals surface area contributed by atoms with Gasteiger partial charge in [0.2, 0.25) is 11.8 Å². The number of halogens is 2. The predicted octanol–water partition coefficient (Wildman–Crippen LogP) is 5.72. The molecule has 0 radical (unpaired) electrons. The molecule has 1 N–H and O–H groups in total. The molecule has 0 aromatic heterocycles. The van der Waals surface area contributed by atoms with Crippen LogP contribution in [0.2, 0.25) is 5.02 Å². The molecule has 0 spiro atoms. The molecule has 160 valence electrons. The zero-order chi connectivity index (χ0) is 21.7. The molecule has 6 heteroatoms. The number of carbonyl (C=O) groups excluding carboxylic acids is 2. The van der Waals surface area contributed by atoms with Crippen LogP contribution < -0.4 is 10.2 Å². The molecule has 1 aliphatic carbocycles. The molecule has 2 amide bonds. The van der Waals surface area contributed by atoms with Crippen LogP contribution in [0.15, 0.2) is 42.5 Å². The third-order valence-corrected chi connectivity index (χ3v) is 6.28. The Morgan fingerprint density at radius 3 is 2.30 bits per heavy atom.